The third-order valence-electron chi connectivity index (χ3n) is 9.84. The van der Waals surface area contributed by atoms with Crippen molar-refractivity contribution in [2.75, 3.05) is 0 Å². The summed E-state index contributed by atoms with van der Waals surface area (Å²) in [6.45, 7) is 14.0. The molecule has 3 heterocycles. The van der Waals surface area contributed by atoms with E-state index >= 15 is 0 Å². The molecule has 2 heteroatoms. The van der Waals surface area contributed by atoms with Crippen molar-refractivity contribution >= 4 is 22.6 Å². The Kier molecular flexibility index (Phi) is 6.10. The van der Waals surface area contributed by atoms with Crippen molar-refractivity contribution in [1.29, 1.82) is 0 Å². The third kappa shape index (κ3) is 4.00. The molecule has 42 heavy (non-hydrogen) atoms. The van der Waals surface area contributed by atoms with E-state index in [-0.39, 0.29) is 22.7 Å². The minimum atomic E-state index is -0.275. The second-order valence-corrected chi connectivity index (χ2v) is 13.1. The van der Waals surface area contributed by atoms with E-state index in [1.807, 2.05) is 0 Å². The van der Waals surface area contributed by atoms with Gasteiger partial charge in [-0.1, -0.05) is 151 Å². The first-order chi connectivity index (χ1) is 20.2. The summed E-state index contributed by atoms with van der Waals surface area (Å²) in [5.74, 6) is 0.277. The number of benzene rings is 4. The lowest BCUT2D eigenvalue weighted by atomic mass is 9.72. The molecule has 0 N–H and O–H groups in total. The quantitative estimate of drug-likeness (QED) is 0.239. The largest absolute Gasteiger partial charge is 0.254 e. The van der Waals surface area contributed by atoms with Crippen LogP contribution in [0.1, 0.15) is 63.8 Å². The molecule has 8 bridgehead atoms. The summed E-state index contributed by atoms with van der Waals surface area (Å²) < 4.78 is 0. The third-order valence-corrected chi connectivity index (χ3v) is 9.84. The zero-order valence-electron chi connectivity index (χ0n) is 25.4. The molecule has 3 aliphatic rings. The fourth-order valence-electron chi connectivity index (χ4n) is 7.44. The Balaban J connectivity index is 1.59. The molecule has 4 aromatic rings. The van der Waals surface area contributed by atoms with E-state index in [1.54, 1.807) is 0 Å². The summed E-state index contributed by atoms with van der Waals surface area (Å²) in [6, 6.07) is 39.8. The summed E-state index contributed by atoms with van der Waals surface area (Å²) in [4.78, 5) is 11.2. The van der Waals surface area contributed by atoms with Gasteiger partial charge in [-0.05, 0) is 44.5 Å². The van der Waals surface area contributed by atoms with E-state index in [9.17, 15) is 0 Å². The lowest BCUT2D eigenvalue weighted by molar-refractivity contribution is 0.686. The molecule has 0 spiro atoms. The predicted octanol–water partition coefficient (Wildman–Crippen LogP) is 9.93. The van der Waals surface area contributed by atoms with Crippen LogP contribution in [0.4, 0.5) is 0 Å². The molecule has 0 fully saturated rings. The molecule has 7 rings (SSSR count). The van der Waals surface area contributed by atoms with Gasteiger partial charge in [0.1, 0.15) is 0 Å². The lowest BCUT2D eigenvalue weighted by Gasteiger charge is -2.31. The van der Waals surface area contributed by atoms with Crippen LogP contribution in [0.15, 0.2) is 131 Å². The number of nitrogens with zero attached hydrogens (tertiary/aromatic N) is 2. The summed E-state index contributed by atoms with van der Waals surface area (Å²) in [5.41, 5.74) is 13.9. The van der Waals surface area contributed by atoms with Gasteiger partial charge < -0.3 is 0 Å². The van der Waals surface area contributed by atoms with Crippen LogP contribution in [0.25, 0.3) is 22.3 Å². The van der Waals surface area contributed by atoms with E-state index < -0.39 is 0 Å². The SMILES string of the molecule is CC1C2=NC(=C1c1ccccc1)C1=C(c3ccccc3)C(C)C(=N1)C(C)(C)c1cccc(c1)-c1cccc(c1)C2(C)C. The molecule has 2 nitrogen and oxygen atoms in total. The second kappa shape index (κ2) is 9.63. The fraction of sp³-hybridized carbons (Fsp3) is 0.250. The average molecular weight is 547 g/mol. The summed E-state index contributed by atoms with van der Waals surface area (Å²) in [7, 11) is 0. The maximum atomic E-state index is 5.62. The molecule has 0 saturated carbocycles. The average Bonchev–Trinajstić information content (AvgIpc) is 3.55. The van der Waals surface area contributed by atoms with Crippen molar-refractivity contribution < 1.29 is 0 Å². The Morgan fingerprint density at radius 1 is 0.452 bits per heavy atom. The van der Waals surface area contributed by atoms with E-state index in [0.717, 1.165) is 11.4 Å². The Morgan fingerprint density at radius 3 is 1.19 bits per heavy atom. The Hall–Kier alpha value is -4.30. The minimum Gasteiger partial charge on any atom is -0.254 e. The van der Waals surface area contributed by atoms with Gasteiger partial charge in [-0.3, -0.25) is 9.98 Å². The van der Waals surface area contributed by atoms with Crippen LogP contribution in [-0.2, 0) is 10.8 Å². The molecular formula is C40H38N2. The molecule has 2 atom stereocenters. The molecule has 4 aromatic carbocycles. The monoisotopic (exact) mass is 546 g/mol. The summed E-state index contributed by atoms with van der Waals surface area (Å²) in [5, 5.41) is 0. The maximum Gasteiger partial charge on any atom is 0.0933 e. The van der Waals surface area contributed by atoms with Crippen LogP contribution in [0.2, 0.25) is 0 Å². The van der Waals surface area contributed by atoms with Gasteiger partial charge in [0.2, 0.25) is 0 Å². The molecule has 0 aliphatic carbocycles. The van der Waals surface area contributed by atoms with E-state index in [4.69, 9.17) is 9.98 Å². The zero-order valence-corrected chi connectivity index (χ0v) is 25.4. The highest BCUT2D eigenvalue weighted by molar-refractivity contribution is 6.13. The maximum absolute atomic E-state index is 5.62. The molecule has 0 aromatic heterocycles. The Bertz CT molecular complexity index is 1690. The van der Waals surface area contributed by atoms with Gasteiger partial charge in [0.25, 0.3) is 0 Å². The number of aliphatic imine (C=N–C) groups is 2. The number of hydrogen-bond acceptors (Lipinski definition) is 2. The van der Waals surface area contributed by atoms with Crippen LogP contribution in [0.5, 0.6) is 0 Å². The molecule has 208 valence electrons. The van der Waals surface area contributed by atoms with Crippen LogP contribution >= 0.6 is 0 Å². The van der Waals surface area contributed by atoms with Crippen molar-refractivity contribution in [3.05, 3.63) is 143 Å². The first-order valence-corrected chi connectivity index (χ1v) is 15.2. The first kappa shape index (κ1) is 26.6. The van der Waals surface area contributed by atoms with Crippen LogP contribution < -0.4 is 0 Å². The van der Waals surface area contributed by atoms with Crippen molar-refractivity contribution in [1.82, 2.24) is 0 Å². The van der Waals surface area contributed by atoms with Crippen molar-refractivity contribution in [3.8, 4) is 11.1 Å². The predicted molar refractivity (Wildman–Crippen MR) is 178 cm³/mol. The van der Waals surface area contributed by atoms with Gasteiger partial charge in [0.15, 0.2) is 0 Å². The molecule has 0 radical (unpaired) electrons. The smallest absolute Gasteiger partial charge is 0.0933 e. The van der Waals surface area contributed by atoms with Gasteiger partial charge >= 0.3 is 0 Å². The van der Waals surface area contributed by atoms with Crippen LogP contribution in [0, 0.1) is 11.8 Å². The Morgan fingerprint density at radius 2 is 0.810 bits per heavy atom. The van der Waals surface area contributed by atoms with Crippen molar-refractivity contribution in [2.45, 2.75) is 52.4 Å². The van der Waals surface area contributed by atoms with Crippen LogP contribution in [-0.4, -0.2) is 11.4 Å². The molecule has 2 unspecified atom stereocenters. The van der Waals surface area contributed by atoms with Gasteiger partial charge in [-0.2, -0.15) is 0 Å². The second-order valence-electron chi connectivity index (χ2n) is 13.1. The van der Waals surface area contributed by atoms with E-state index in [2.05, 4.69) is 151 Å². The van der Waals surface area contributed by atoms with E-state index in [1.165, 1.54) is 56.0 Å². The van der Waals surface area contributed by atoms with E-state index in [0.29, 0.717) is 0 Å². The fourth-order valence-corrected chi connectivity index (χ4v) is 7.44. The van der Waals surface area contributed by atoms with Gasteiger partial charge in [0, 0.05) is 34.1 Å². The van der Waals surface area contributed by atoms with Gasteiger partial charge in [-0.15, -0.1) is 0 Å². The highest BCUT2D eigenvalue weighted by Gasteiger charge is 2.43. The minimum absolute atomic E-state index is 0.138. The van der Waals surface area contributed by atoms with Crippen LogP contribution in [0.3, 0.4) is 0 Å². The number of fused-ring (bicyclic) bond motifs is 8. The summed E-state index contributed by atoms with van der Waals surface area (Å²) >= 11 is 0. The molecular weight excluding hydrogens is 508 g/mol. The molecule has 3 aliphatic heterocycles. The molecule has 0 saturated heterocycles. The first-order valence-electron chi connectivity index (χ1n) is 15.2. The van der Waals surface area contributed by atoms with Gasteiger partial charge in [-0.25, -0.2) is 0 Å². The highest BCUT2D eigenvalue weighted by Crippen LogP contribution is 2.50. The Labute approximate surface area is 250 Å². The zero-order chi connectivity index (χ0) is 29.2. The standard InChI is InChI=1S/C40H38N2/c1-25-33(27-15-9-7-10-16-27)35-36-34(28-17-11-8-12-18-28)26(2)38(42-36)40(5,6)32-22-14-20-30(24-32)29-19-13-21-31(23-29)39(3,4)37(25)41-35/h7-26H,1-6H3. The number of allylic oxidation sites excluding steroid dienone is 2. The van der Waals surface area contributed by atoms with Crippen molar-refractivity contribution in [2.24, 2.45) is 21.8 Å². The molecule has 0 amide bonds. The highest BCUT2D eigenvalue weighted by atomic mass is 14.9. The van der Waals surface area contributed by atoms with Crippen molar-refractivity contribution in [3.63, 3.8) is 0 Å². The normalized spacial score (nSPS) is 22.0. The number of hydrogen-bond donors (Lipinski definition) is 0. The topological polar surface area (TPSA) is 24.7 Å². The number of rotatable bonds is 2. The summed E-state index contributed by atoms with van der Waals surface area (Å²) in [6.07, 6.45) is 0. The van der Waals surface area contributed by atoms with Gasteiger partial charge in [0.05, 0.1) is 11.4 Å². The lowest BCUT2D eigenvalue weighted by Crippen LogP contribution is -2.33.